The van der Waals surface area contributed by atoms with Crippen molar-refractivity contribution >= 4 is 11.9 Å². The minimum atomic E-state index is -0.415. The summed E-state index contributed by atoms with van der Waals surface area (Å²) in [6, 6.07) is 7.88. The van der Waals surface area contributed by atoms with Crippen LogP contribution in [-0.2, 0) is 4.79 Å². The lowest BCUT2D eigenvalue weighted by Gasteiger charge is -2.03. The fourth-order valence-electron chi connectivity index (χ4n) is 1.06. The Morgan fingerprint density at radius 3 is 2.50 bits per heavy atom. The number of amides is 1. The number of ether oxygens (including phenoxy) is 1. The Balaban J connectivity index is 2.67. The molecule has 0 heterocycles. The van der Waals surface area contributed by atoms with Gasteiger partial charge in [-0.1, -0.05) is 0 Å². The molecule has 0 atom stereocenters. The number of carbonyl (C=O) groups is 2. The molecule has 0 aromatic heterocycles. The van der Waals surface area contributed by atoms with Crippen LogP contribution in [-0.4, -0.2) is 18.4 Å². The summed E-state index contributed by atoms with van der Waals surface area (Å²) in [7, 11) is 0. The molecule has 0 saturated heterocycles. The zero-order valence-electron chi connectivity index (χ0n) is 8.69. The van der Waals surface area contributed by atoms with Gasteiger partial charge in [-0.05, 0) is 24.3 Å². The topological polar surface area (TPSA) is 79.2 Å². The van der Waals surface area contributed by atoms with Gasteiger partial charge in [-0.2, -0.15) is 5.26 Å². The van der Waals surface area contributed by atoms with Crippen LogP contribution in [0.2, 0.25) is 0 Å². The first kappa shape index (κ1) is 11.7. The van der Waals surface area contributed by atoms with E-state index in [9.17, 15) is 9.59 Å². The van der Waals surface area contributed by atoms with E-state index in [1.807, 2.05) is 0 Å². The van der Waals surface area contributed by atoms with E-state index in [0.717, 1.165) is 0 Å². The number of hydrogen-bond donors (Lipinski definition) is 1. The molecule has 1 amide bonds. The number of nitrogens with zero attached hydrogens (tertiary/aromatic N) is 1. The first-order valence-electron chi connectivity index (χ1n) is 4.57. The second-order valence-corrected chi connectivity index (χ2v) is 2.96. The highest BCUT2D eigenvalue weighted by Gasteiger charge is 2.05. The summed E-state index contributed by atoms with van der Waals surface area (Å²) >= 11 is 0. The SMILES string of the molecule is CC(=O)Oc1ccc(C(=O)NCC#N)cc1. The van der Waals surface area contributed by atoms with E-state index >= 15 is 0 Å². The largest absolute Gasteiger partial charge is 0.427 e. The molecule has 0 radical (unpaired) electrons. The van der Waals surface area contributed by atoms with E-state index in [1.54, 1.807) is 6.07 Å². The predicted molar refractivity (Wildman–Crippen MR) is 55.7 cm³/mol. The summed E-state index contributed by atoms with van der Waals surface area (Å²) in [5, 5.41) is 10.7. The summed E-state index contributed by atoms with van der Waals surface area (Å²) in [6.07, 6.45) is 0. The molecule has 5 nitrogen and oxygen atoms in total. The Labute approximate surface area is 92.6 Å². The van der Waals surface area contributed by atoms with E-state index in [2.05, 4.69) is 5.32 Å². The lowest BCUT2D eigenvalue weighted by Crippen LogP contribution is -2.23. The molecule has 0 saturated carbocycles. The summed E-state index contributed by atoms with van der Waals surface area (Å²) in [4.78, 5) is 22.0. The number of benzene rings is 1. The van der Waals surface area contributed by atoms with Gasteiger partial charge in [-0.15, -0.1) is 0 Å². The van der Waals surface area contributed by atoms with E-state index in [4.69, 9.17) is 10.00 Å². The summed E-state index contributed by atoms with van der Waals surface area (Å²) in [5.41, 5.74) is 0.408. The maximum Gasteiger partial charge on any atom is 0.308 e. The van der Waals surface area contributed by atoms with Gasteiger partial charge in [0.1, 0.15) is 12.3 Å². The molecule has 0 bridgehead atoms. The molecule has 1 aromatic carbocycles. The van der Waals surface area contributed by atoms with Crippen molar-refractivity contribution < 1.29 is 14.3 Å². The number of esters is 1. The molecule has 1 N–H and O–H groups in total. The number of carbonyl (C=O) groups excluding carboxylic acids is 2. The maximum absolute atomic E-state index is 11.4. The third-order valence-corrected chi connectivity index (χ3v) is 1.71. The second-order valence-electron chi connectivity index (χ2n) is 2.96. The highest BCUT2D eigenvalue weighted by molar-refractivity contribution is 5.94. The van der Waals surface area contributed by atoms with Crippen LogP contribution in [0.4, 0.5) is 0 Å². The second kappa shape index (κ2) is 5.51. The molecule has 0 spiro atoms. The molecule has 16 heavy (non-hydrogen) atoms. The van der Waals surface area contributed by atoms with Crippen LogP contribution >= 0.6 is 0 Å². The molecule has 1 aromatic rings. The quantitative estimate of drug-likeness (QED) is 0.463. The van der Waals surface area contributed by atoms with Crippen LogP contribution in [0, 0.1) is 11.3 Å². The van der Waals surface area contributed by atoms with Crippen LogP contribution in [0.15, 0.2) is 24.3 Å². The standard InChI is InChI=1S/C11H10N2O3/c1-8(14)16-10-4-2-9(3-5-10)11(15)13-7-6-12/h2-5H,7H2,1H3,(H,13,15). The minimum Gasteiger partial charge on any atom is -0.427 e. The molecule has 82 valence electrons. The van der Waals surface area contributed by atoms with Crippen LogP contribution in [0.3, 0.4) is 0 Å². The van der Waals surface area contributed by atoms with Gasteiger partial charge in [0.25, 0.3) is 5.91 Å². The third kappa shape index (κ3) is 3.42. The Hall–Kier alpha value is -2.35. The Morgan fingerprint density at radius 1 is 1.38 bits per heavy atom. The van der Waals surface area contributed by atoms with Gasteiger partial charge >= 0.3 is 5.97 Å². The van der Waals surface area contributed by atoms with Gasteiger partial charge in [-0.3, -0.25) is 9.59 Å². The molecule has 0 aliphatic heterocycles. The van der Waals surface area contributed by atoms with E-state index in [0.29, 0.717) is 11.3 Å². The van der Waals surface area contributed by atoms with E-state index in [1.165, 1.54) is 31.2 Å². The smallest absolute Gasteiger partial charge is 0.308 e. The number of rotatable bonds is 3. The Bertz CT molecular complexity index is 432. The molecule has 0 aliphatic carbocycles. The first-order chi connectivity index (χ1) is 7.63. The zero-order chi connectivity index (χ0) is 12.0. The Kier molecular flexibility index (Phi) is 4.04. The molecular formula is C11H10N2O3. The van der Waals surface area contributed by atoms with Crippen molar-refractivity contribution in [2.45, 2.75) is 6.92 Å². The summed E-state index contributed by atoms with van der Waals surface area (Å²) < 4.78 is 4.81. The predicted octanol–water partition coefficient (Wildman–Crippen LogP) is 0.865. The van der Waals surface area contributed by atoms with Crippen molar-refractivity contribution in [3.05, 3.63) is 29.8 Å². The van der Waals surface area contributed by atoms with Gasteiger partial charge in [0.2, 0.25) is 0 Å². The van der Waals surface area contributed by atoms with Gasteiger partial charge in [0, 0.05) is 12.5 Å². The minimum absolute atomic E-state index is 0.0372. The van der Waals surface area contributed by atoms with Crippen molar-refractivity contribution in [3.8, 4) is 11.8 Å². The molecule has 0 aliphatic rings. The Morgan fingerprint density at radius 2 is 2.00 bits per heavy atom. The van der Waals surface area contributed by atoms with Crippen LogP contribution in [0.5, 0.6) is 5.75 Å². The summed E-state index contributed by atoms with van der Waals surface area (Å²) in [6.45, 7) is 1.26. The van der Waals surface area contributed by atoms with Crippen molar-refractivity contribution in [3.63, 3.8) is 0 Å². The molecule has 0 unspecified atom stereocenters. The lowest BCUT2D eigenvalue weighted by molar-refractivity contribution is -0.131. The molecular weight excluding hydrogens is 208 g/mol. The van der Waals surface area contributed by atoms with E-state index in [-0.39, 0.29) is 12.5 Å². The van der Waals surface area contributed by atoms with Gasteiger partial charge in [-0.25, -0.2) is 0 Å². The third-order valence-electron chi connectivity index (χ3n) is 1.71. The van der Waals surface area contributed by atoms with Crippen molar-refractivity contribution in [2.75, 3.05) is 6.54 Å². The summed E-state index contributed by atoms with van der Waals surface area (Å²) in [5.74, 6) is -0.373. The maximum atomic E-state index is 11.4. The number of nitrogens with one attached hydrogen (secondary N) is 1. The average molecular weight is 218 g/mol. The normalized spacial score (nSPS) is 9.00. The zero-order valence-corrected chi connectivity index (χ0v) is 8.69. The van der Waals surface area contributed by atoms with Gasteiger partial charge in [0.15, 0.2) is 0 Å². The van der Waals surface area contributed by atoms with Crippen molar-refractivity contribution in [1.82, 2.24) is 5.32 Å². The van der Waals surface area contributed by atoms with E-state index < -0.39 is 5.97 Å². The average Bonchev–Trinajstić information content (AvgIpc) is 2.26. The van der Waals surface area contributed by atoms with Gasteiger partial charge < -0.3 is 10.1 Å². The van der Waals surface area contributed by atoms with Gasteiger partial charge in [0.05, 0.1) is 6.07 Å². The van der Waals surface area contributed by atoms with Crippen LogP contribution in [0.1, 0.15) is 17.3 Å². The highest BCUT2D eigenvalue weighted by atomic mass is 16.5. The number of hydrogen-bond acceptors (Lipinski definition) is 4. The highest BCUT2D eigenvalue weighted by Crippen LogP contribution is 2.12. The molecule has 5 heteroatoms. The van der Waals surface area contributed by atoms with Crippen LogP contribution < -0.4 is 10.1 Å². The first-order valence-corrected chi connectivity index (χ1v) is 4.57. The van der Waals surface area contributed by atoms with Crippen molar-refractivity contribution in [1.29, 1.82) is 5.26 Å². The molecule has 1 rings (SSSR count). The lowest BCUT2D eigenvalue weighted by atomic mass is 10.2. The van der Waals surface area contributed by atoms with Crippen molar-refractivity contribution in [2.24, 2.45) is 0 Å². The molecule has 0 fully saturated rings. The number of nitriles is 1. The fraction of sp³-hybridized carbons (Fsp3) is 0.182. The van der Waals surface area contributed by atoms with Crippen LogP contribution in [0.25, 0.3) is 0 Å². The monoisotopic (exact) mass is 218 g/mol. The fourth-order valence-corrected chi connectivity index (χ4v) is 1.06.